The molecule has 7 heteroatoms. The minimum absolute atomic E-state index is 0.00299. The van der Waals surface area contributed by atoms with E-state index in [9.17, 15) is 13.6 Å². The first-order valence-electron chi connectivity index (χ1n) is 8.96. The van der Waals surface area contributed by atoms with Crippen LogP contribution in [0, 0.1) is 11.6 Å². The maximum Gasteiger partial charge on any atom is 0.219 e. The summed E-state index contributed by atoms with van der Waals surface area (Å²) in [5.74, 6) is -0.788. The molecular formula is C21H18ClF2N3O. The standard InChI is InChI=1S/C21H18ClF2N3O/c1-13(28)26-9-8-20-17(12-26)21(15-3-5-16(23)6-4-15)25-27(20)11-14-2-7-18(22)19(24)10-14/h2-7,10H,8-9,11-12H2,1H3. The molecule has 0 radical (unpaired) electrons. The molecule has 0 atom stereocenters. The van der Waals surface area contributed by atoms with Crippen molar-refractivity contribution in [1.29, 1.82) is 0 Å². The van der Waals surface area contributed by atoms with Crippen molar-refractivity contribution in [3.63, 3.8) is 0 Å². The Morgan fingerprint density at radius 1 is 1.18 bits per heavy atom. The van der Waals surface area contributed by atoms with E-state index in [1.807, 2.05) is 4.68 Å². The molecule has 3 aromatic rings. The number of amides is 1. The van der Waals surface area contributed by atoms with Crippen LogP contribution >= 0.6 is 11.6 Å². The molecule has 1 aliphatic rings. The van der Waals surface area contributed by atoms with Gasteiger partial charge in [-0.25, -0.2) is 8.78 Å². The van der Waals surface area contributed by atoms with Gasteiger partial charge in [-0.05, 0) is 42.0 Å². The van der Waals surface area contributed by atoms with E-state index in [1.165, 1.54) is 24.3 Å². The molecule has 0 unspecified atom stereocenters. The molecule has 0 spiro atoms. The lowest BCUT2D eigenvalue weighted by atomic mass is 10.0. The third-order valence-electron chi connectivity index (χ3n) is 5.01. The van der Waals surface area contributed by atoms with Gasteiger partial charge in [0.15, 0.2) is 0 Å². The number of fused-ring (bicyclic) bond motifs is 1. The average molecular weight is 402 g/mol. The Morgan fingerprint density at radius 3 is 2.61 bits per heavy atom. The van der Waals surface area contributed by atoms with Gasteiger partial charge in [0.2, 0.25) is 5.91 Å². The summed E-state index contributed by atoms with van der Waals surface area (Å²) in [5.41, 5.74) is 4.20. The Hall–Kier alpha value is -2.73. The Morgan fingerprint density at radius 2 is 1.93 bits per heavy atom. The van der Waals surface area contributed by atoms with Gasteiger partial charge in [-0.3, -0.25) is 9.48 Å². The molecule has 0 bridgehead atoms. The average Bonchev–Trinajstić information content (AvgIpc) is 3.03. The number of hydrogen-bond donors (Lipinski definition) is 0. The van der Waals surface area contributed by atoms with Crippen molar-refractivity contribution in [2.24, 2.45) is 0 Å². The van der Waals surface area contributed by atoms with Crippen LogP contribution in [0.25, 0.3) is 11.3 Å². The molecule has 2 heterocycles. The summed E-state index contributed by atoms with van der Waals surface area (Å²) < 4.78 is 29.0. The molecular weight excluding hydrogens is 384 g/mol. The molecule has 0 saturated carbocycles. The molecule has 1 aromatic heterocycles. The summed E-state index contributed by atoms with van der Waals surface area (Å²) in [6.07, 6.45) is 0.652. The fourth-order valence-corrected chi connectivity index (χ4v) is 3.66. The number of halogens is 3. The predicted octanol–water partition coefficient (Wildman–Crippen LogP) is 4.43. The van der Waals surface area contributed by atoms with Crippen molar-refractivity contribution >= 4 is 17.5 Å². The molecule has 0 saturated heterocycles. The molecule has 2 aromatic carbocycles. The highest BCUT2D eigenvalue weighted by molar-refractivity contribution is 6.30. The maximum absolute atomic E-state index is 13.8. The lowest BCUT2D eigenvalue weighted by Gasteiger charge is -2.27. The van der Waals surface area contributed by atoms with E-state index in [-0.39, 0.29) is 16.7 Å². The highest BCUT2D eigenvalue weighted by Crippen LogP contribution is 2.31. The fourth-order valence-electron chi connectivity index (χ4n) is 3.54. The van der Waals surface area contributed by atoms with Gasteiger partial charge in [0.05, 0.1) is 17.3 Å². The van der Waals surface area contributed by atoms with E-state index in [1.54, 1.807) is 30.0 Å². The number of aromatic nitrogens is 2. The molecule has 28 heavy (non-hydrogen) atoms. The molecule has 1 aliphatic heterocycles. The summed E-state index contributed by atoms with van der Waals surface area (Å²) in [5, 5.41) is 4.81. The molecule has 0 aliphatic carbocycles. The highest BCUT2D eigenvalue weighted by Gasteiger charge is 2.27. The van der Waals surface area contributed by atoms with Crippen LogP contribution in [0.2, 0.25) is 5.02 Å². The summed E-state index contributed by atoms with van der Waals surface area (Å²) in [4.78, 5) is 13.6. The minimum atomic E-state index is -0.471. The zero-order valence-electron chi connectivity index (χ0n) is 15.3. The van der Waals surface area contributed by atoms with E-state index in [0.717, 1.165) is 28.1 Å². The van der Waals surface area contributed by atoms with Gasteiger partial charge < -0.3 is 4.90 Å². The van der Waals surface area contributed by atoms with E-state index in [0.29, 0.717) is 26.1 Å². The predicted molar refractivity (Wildman–Crippen MR) is 103 cm³/mol. The molecule has 0 fully saturated rings. The third kappa shape index (κ3) is 3.52. The Kier molecular flexibility index (Phi) is 4.89. The Labute approximate surface area is 166 Å². The number of benzene rings is 2. The number of carbonyl (C=O) groups excluding carboxylic acids is 1. The summed E-state index contributed by atoms with van der Waals surface area (Å²) in [6.45, 7) is 2.99. The molecule has 1 amide bonds. The van der Waals surface area contributed by atoms with E-state index in [2.05, 4.69) is 0 Å². The first kappa shape index (κ1) is 18.6. The van der Waals surface area contributed by atoms with E-state index < -0.39 is 5.82 Å². The van der Waals surface area contributed by atoms with Crippen LogP contribution in [0.4, 0.5) is 8.78 Å². The SMILES string of the molecule is CC(=O)N1CCc2c(c(-c3ccc(F)cc3)nn2Cc2ccc(Cl)c(F)c2)C1. The van der Waals surface area contributed by atoms with Crippen molar-refractivity contribution in [2.45, 2.75) is 26.4 Å². The quantitative estimate of drug-likeness (QED) is 0.651. The maximum atomic E-state index is 13.8. The highest BCUT2D eigenvalue weighted by atomic mass is 35.5. The van der Waals surface area contributed by atoms with Gasteiger partial charge in [0.1, 0.15) is 11.6 Å². The second-order valence-corrected chi connectivity index (χ2v) is 7.28. The zero-order valence-corrected chi connectivity index (χ0v) is 16.0. The van der Waals surface area contributed by atoms with Crippen LogP contribution < -0.4 is 0 Å². The zero-order chi connectivity index (χ0) is 19.8. The summed E-state index contributed by atoms with van der Waals surface area (Å²) >= 11 is 5.78. The lowest BCUT2D eigenvalue weighted by Crippen LogP contribution is -2.34. The topological polar surface area (TPSA) is 38.1 Å². The van der Waals surface area contributed by atoms with Crippen LogP contribution in [0.1, 0.15) is 23.7 Å². The van der Waals surface area contributed by atoms with Crippen molar-refractivity contribution in [1.82, 2.24) is 14.7 Å². The van der Waals surface area contributed by atoms with Crippen molar-refractivity contribution in [3.8, 4) is 11.3 Å². The van der Waals surface area contributed by atoms with Crippen LogP contribution in [0.5, 0.6) is 0 Å². The lowest BCUT2D eigenvalue weighted by molar-refractivity contribution is -0.129. The molecule has 144 valence electrons. The van der Waals surface area contributed by atoms with Crippen molar-refractivity contribution < 1.29 is 13.6 Å². The smallest absolute Gasteiger partial charge is 0.219 e. The Bertz CT molecular complexity index is 1050. The van der Waals surface area contributed by atoms with Crippen LogP contribution in [0.3, 0.4) is 0 Å². The van der Waals surface area contributed by atoms with Gasteiger partial charge in [-0.15, -0.1) is 0 Å². The number of nitrogens with zero attached hydrogens (tertiary/aromatic N) is 3. The van der Waals surface area contributed by atoms with Gasteiger partial charge in [0.25, 0.3) is 0 Å². The minimum Gasteiger partial charge on any atom is -0.338 e. The molecule has 4 nitrogen and oxygen atoms in total. The van der Waals surface area contributed by atoms with Crippen LogP contribution in [-0.2, 0) is 24.3 Å². The monoisotopic (exact) mass is 401 g/mol. The van der Waals surface area contributed by atoms with Crippen LogP contribution in [0.15, 0.2) is 42.5 Å². The first-order valence-corrected chi connectivity index (χ1v) is 9.34. The molecule has 4 rings (SSSR count). The first-order chi connectivity index (χ1) is 13.4. The third-order valence-corrected chi connectivity index (χ3v) is 5.32. The van der Waals surface area contributed by atoms with Gasteiger partial charge in [-0.1, -0.05) is 17.7 Å². The van der Waals surface area contributed by atoms with Gasteiger partial charge >= 0.3 is 0 Å². The fraction of sp³-hybridized carbons (Fsp3) is 0.238. The van der Waals surface area contributed by atoms with Gasteiger partial charge in [0, 0.05) is 43.3 Å². The normalized spacial score (nSPS) is 13.5. The summed E-state index contributed by atoms with van der Waals surface area (Å²) in [6, 6.07) is 10.8. The van der Waals surface area contributed by atoms with E-state index >= 15 is 0 Å². The van der Waals surface area contributed by atoms with E-state index in [4.69, 9.17) is 16.7 Å². The number of carbonyl (C=O) groups is 1. The molecule has 0 N–H and O–H groups in total. The second kappa shape index (κ2) is 7.36. The summed E-state index contributed by atoms with van der Waals surface area (Å²) in [7, 11) is 0. The second-order valence-electron chi connectivity index (χ2n) is 6.88. The van der Waals surface area contributed by atoms with Crippen molar-refractivity contribution in [2.75, 3.05) is 6.54 Å². The van der Waals surface area contributed by atoms with Gasteiger partial charge in [-0.2, -0.15) is 5.10 Å². The number of rotatable bonds is 3. The Balaban J connectivity index is 1.77. The number of hydrogen-bond acceptors (Lipinski definition) is 2. The van der Waals surface area contributed by atoms with Crippen LogP contribution in [-0.4, -0.2) is 27.1 Å². The largest absolute Gasteiger partial charge is 0.338 e. The van der Waals surface area contributed by atoms with Crippen molar-refractivity contribution in [3.05, 3.63) is 75.9 Å².